The first-order chi connectivity index (χ1) is 7.25. The van der Waals surface area contributed by atoms with Crippen molar-refractivity contribution >= 4 is 11.4 Å². The van der Waals surface area contributed by atoms with Gasteiger partial charge in [0.1, 0.15) is 5.82 Å². The third kappa shape index (κ3) is 2.61. The highest BCUT2D eigenvalue weighted by atomic mass is 19.1. The maximum Gasteiger partial charge on any atom is 0.148 e. The van der Waals surface area contributed by atoms with Crippen molar-refractivity contribution in [3.63, 3.8) is 0 Å². The predicted octanol–water partition coefficient (Wildman–Crippen LogP) is 3.15. The van der Waals surface area contributed by atoms with Crippen LogP contribution in [0.4, 0.5) is 15.8 Å². The summed E-state index contributed by atoms with van der Waals surface area (Å²) < 4.78 is 13.2. The molecule has 0 atom stereocenters. The van der Waals surface area contributed by atoms with Crippen molar-refractivity contribution in [3.05, 3.63) is 24.0 Å². The second-order valence-corrected chi connectivity index (χ2v) is 4.22. The standard InChI is InChI=1S/C12H17FN2/c13-11-8-10(6-7-12(11)14)15-9-4-2-1-3-5-9/h6-9,15H,1-5,14H2. The zero-order valence-electron chi connectivity index (χ0n) is 8.80. The fourth-order valence-corrected chi connectivity index (χ4v) is 2.10. The van der Waals surface area contributed by atoms with Crippen molar-refractivity contribution in [2.45, 2.75) is 38.1 Å². The lowest BCUT2D eigenvalue weighted by molar-refractivity contribution is 0.462. The quantitative estimate of drug-likeness (QED) is 0.733. The van der Waals surface area contributed by atoms with E-state index >= 15 is 0 Å². The lowest BCUT2D eigenvalue weighted by atomic mass is 9.95. The Balaban J connectivity index is 2.00. The number of hydrogen-bond acceptors (Lipinski definition) is 2. The maximum absolute atomic E-state index is 13.2. The molecule has 3 N–H and O–H groups in total. The maximum atomic E-state index is 13.2. The first kappa shape index (κ1) is 10.3. The molecule has 3 heteroatoms. The first-order valence-corrected chi connectivity index (χ1v) is 5.57. The van der Waals surface area contributed by atoms with Crippen molar-refractivity contribution in [1.82, 2.24) is 0 Å². The molecule has 1 aromatic carbocycles. The van der Waals surface area contributed by atoms with Gasteiger partial charge in [-0.3, -0.25) is 0 Å². The Bertz CT molecular complexity index is 332. The summed E-state index contributed by atoms with van der Waals surface area (Å²) in [5.41, 5.74) is 6.47. The lowest BCUT2D eigenvalue weighted by Gasteiger charge is -2.23. The minimum atomic E-state index is -0.337. The number of nitrogen functional groups attached to an aromatic ring is 1. The van der Waals surface area contributed by atoms with Crippen molar-refractivity contribution in [1.29, 1.82) is 0 Å². The van der Waals surface area contributed by atoms with E-state index in [0.29, 0.717) is 6.04 Å². The van der Waals surface area contributed by atoms with Crippen molar-refractivity contribution in [2.24, 2.45) is 0 Å². The van der Waals surface area contributed by atoms with Gasteiger partial charge in [-0.1, -0.05) is 19.3 Å². The molecular formula is C12H17FN2. The second-order valence-electron chi connectivity index (χ2n) is 4.22. The highest BCUT2D eigenvalue weighted by molar-refractivity contribution is 5.52. The van der Waals surface area contributed by atoms with Gasteiger partial charge in [0, 0.05) is 11.7 Å². The molecule has 0 aliphatic heterocycles. The molecule has 0 saturated heterocycles. The van der Waals surface area contributed by atoms with Gasteiger partial charge in [-0.05, 0) is 31.0 Å². The summed E-state index contributed by atoms with van der Waals surface area (Å²) in [4.78, 5) is 0. The van der Waals surface area contributed by atoms with Crippen LogP contribution in [0.1, 0.15) is 32.1 Å². The summed E-state index contributed by atoms with van der Waals surface area (Å²) in [5.74, 6) is -0.337. The van der Waals surface area contributed by atoms with E-state index in [1.807, 2.05) is 6.07 Å². The summed E-state index contributed by atoms with van der Waals surface area (Å²) in [6, 6.07) is 5.43. The largest absolute Gasteiger partial charge is 0.396 e. The van der Waals surface area contributed by atoms with E-state index in [1.165, 1.54) is 38.2 Å². The van der Waals surface area contributed by atoms with E-state index in [9.17, 15) is 4.39 Å². The number of halogens is 1. The number of nitrogens with one attached hydrogen (secondary N) is 1. The second kappa shape index (κ2) is 4.51. The third-order valence-corrected chi connectivity index (χ3v) is 2.98. The Labute approximate surface area is 89.7 Å². The SMILES string of the molecule is Nc1ccc(NC2CCCCC2)cc1F. The molecule has 15 heavy (non-hydrogen) atoms. The minimum Gasteiger partial charge on any atom is -0.396 e. The highest BCUT2D eigenvalue weighted by Crippen LogP contribution is 2.23. The lowest BCUT2D eigenvalue weighted by Crippen LogP contribution is -2.22. The fraction of sp³-hybridized carbons (Fsp3) is 0.500. The van der Waals surface area contributed by atoms with E-state index < -0.39 is 0 Å². The molecule has 1 saturated carbocycles. The summed E-state index contributed by atoms with van der Waals surface area (Å²) in [6.45, 7) is 0. The number of rotatable bonds is 2. The zero-order chi connectivity index (χ0) is 10.7. The first-order valence-electron chi connectivity index (χ1n) is 5.57. The normalized spacial score (nSPS) is 17.7. The van der Waals surface area contributed by atoms with Crippen LogP contribution >= 0.6 is 0 Å². The van der Waals surface area contributed by atoms with Crippen LogP contribution in [0.5, 0.6) is 0 Å². The molecule has 0 unspecified atom stereocenters. The number of nitrogens with two attached hydrogens (primary N) is 1. The Morgan fingerprint density at radius 2 is 1.93 bits per heavy atom. The van der Waals surface area contributed by atoms with E-state index in [0.717, 1.165) is 5.69 Å². The average Bonchev–Trinajstić information content (AvgIpc) is 2.25. The van der Waals surface area contributed by atoms with E-state index in [1.54, 1.807) is 6.07 Å². The summed E-state index contributed by atoms with van der Waals surface area (Å²) in [6.07, 6.45) is 6.25. The summed E-state index contributed by atoms with van der Waals surface area (Å²) in [7, 11) is 0. The average molecular weight is 208 g/mol. The third-order valence-electron chi connectivity index (χ3n) is 2.98. The predicted molar refractivity (Wildman–Crippen MR) is 61.3 cm³/mol. The Morgan fingerprint density at radius 1 is 1.20 bits per heavy atom. The van der Waals surface area contributed by atoms with Crippen molar-refractivity contribution < 1.29 is 4.39 Å². The Hall–Kier alpha value is -1.25. The molecule has 2 rings (SSSR count). The Morgan fingerprint density at radius 3 is 2.60 bits per heavy atom. The summed E-state index contributed by atoms with van der Waals surface area (Å²) in [5, 5.41) is 3.35. The molecule has 2 nitrogen and oxygen atoms in total. The summed E-state index contributed by atoms with van der Waals surface area (Å²) >= 11 is 0. The van der Waals surface area contributed by atoms with Gasteiger partial charge in [0.15, 0.2) is 0 Å². The van der Waals surface area contributed by atoms with Crippen LogP contribution in [0.2, 0.25) is 0 Å². The van der Waals surface area contributed by atoms with Gasteiger partial charge >= 0.3 is 0 Å². The highest BCUT2D eigenvalue weighted by Gasteiger charge is 2.13. The van der Waals surface area contributed by atoms with Gasteiger partial charge in [-0.2, -0.15) is 0 Å². The molecule has 0 heterocycles. The molecule has 82 valence electrons. The molecular weight excluding hydrogens is 191 g/mol. The molecule has 1 aliphatic carbocycles. The molecule has 1 fully saturated rings. The van der Waals surface area contributed by atoms with Gasteiger partial charge in [0.05, 0.1) is 5.69 Å². The van der Waals surface area contributed by atoms with Gasteiger partial charge in [-0.25, -0.2) is 4.39 Å². The smallest absolute Gasteiger partial charge is 0.148 e. The van der Waals surface area contributed by atoms with Crippen LogP contribution in [0, 0.1) is 5.82 Å². The monoisotopic (exact) mass is 208 g/mol. The van der Waals surface area contributed by atoms with Crippen LogP contribution in [-0.4, -0.2) is 6.04 Å². The van der Waals surface area contributed by atoms with E-state index in [-0.39, 0.29) is 11.5 Å². The molecule has 0 radical (unpaired) electrons. The Kier molecular flexibility index (Phi) is 3.09. The topological polar surface area (TPSA) is 38.0 Å². The van der Waals surface area contributed by atoms with Gasteiger partial charge < -0.3 is 11.1 Å². The van der Waals surface area contributed by atoms with Gasteiger partial charge in [0.25, 0.3) is 0 Å². The fourth-order valence-electron chi connectivity index (χ4n) is 2.10. The molecule has 1 aromatic rings. The molecule has 0 amide bonds. The van der Waals surface area contributed by atoms with Gasteiger partial charge in [-0.15, -0.1) is 0 Å². The number of hydrogen-bond donors (Lipinski definition) is 2. The van der Waals surface area contributed by atoms with Crippen LogP contribution < -0.4 is 11.1 Å². The molecule has 0 aromatic heterocycles. The minimum absolute atomic E-state index is 0.212. The van der Waals surface area contributed by atoms with Crippen LogP contribution in [0.3, 0.4) is 0 Å². The number of benzene rings is 1. The molecule has 0 spiro atoms. The van der Waals surface area contributed by atoms with Gasteiger partial charge in [0.2, 0.25) is 0 Å². The molecule has 0 bridgehead atoms. The van der Waals surface area contributed by atoms with E-state index in [2.05, 4.69) is 5.32 Å². The molecule has 1 aliphatic rings. The number of anilines is 2. The van der Waals surface area contributed by atoms with Crippen LogP contribution in [-0.2, 0) is 0 Å². The zero-order valence-corrected chi connectivity index (χ0v) is 8.80. The van der Waals surface area contributed by atoms with Crippen LogP contribution in [0.25, 0.3) is 0 Å². The van der Waals surface area contributed by atoms with E-state index in [4.69, 9.17) is 5.73 Å². The van der Waals surface area contributed by atoms with Crippen molar-refractivity contribution in [2.75, 3.05) is 11.1 Å². The van der Waals surface area contributed by atoms with Crippen LogP contribution in [0.15, 0.2) is 18.2 Å². The van der Waals surface area contributed by atoms with Crippen molar-refractivity contribution in [3.8, 4) is 0 Å².